The van der Waals surface area contributed by atoms with Gasteiger partial charge in [0.05, 0.1) is 4.75 Å². The second-order valence-electron chi connectivity index (χ2n) is 5.29. The Kier molecular flexibility index (Phi) is 4.85. The van der Waals surface area contributed by atoms with Crippen LogP contribution in [0, 0.1) is 5.92 Å². The van der Waals surface area contributed by atoms with E-state index in [0.717, 1.165) is 9.38 Å². The van der Waals surface area contributed by atoms with Crippen molar-refractivity contribution in [2.24, 2.45) is 5.92 Å². The number of thiocarbonyl (C=S) groups is 1. The standard InChI is InChI=1S/C11H21N3O2S2/c1-7(2)6-13-8(14(16)9(15)12-5)11(3,4)18-10(13)17/h7-8,16H,6H2,1-5H3,(H,12,15)/t8-/m0/s1. The summed E-state index contributed by atoms with van der Waals surface area (Å²) in [5.74, 6) is 0.401. The minimum absolute atomic E-state index is 0.340. The monoisotopic (exact) mass is 291 g/mol. The molecule has 1 rings (SSSR count). The fourth-order valence-electron chi connectivity index (χ4n) is 2.03. The molecular weight excluding hydrogens is 270 g/mol. The van der Waals surface area contributed by atoms with Crippen LogP contribution in [-0.4, -0.2) is 50.0 Å². The first-order valence-electron chi connectivity index (χ1n) is 5.90. The highest BCUT2D eigenvalue weighted by Crippen LogP contribution is 2.42. The van der Waals surface area contributed by atoms with Gasteiger partial charge in [0.15, 0.2) is 0 Å². The molecule has 7 heteroatoms. The molecule has 104 valence electrons. The zero-order chi connectivity index (χ0) is 14.1. The van der Waals surface area contributed by atoms with Crippen LogP contribution in [0.3, 0.4) is 0 Å². The summed E-state index contributed by atoms with van der Waals surface area (Å²) >= 11 is 6.86. The third kappa shape index (κ3) is 3.07. The Morgan fingerprint density at radius 2 is 2.22 bits per heavy atom. The number of nitrogens with one attached hydrogen (secondary N) is 1. The summed E-state index contributed by atoms with van der Waals surface area (Å²) in [4.78, 5) is 13.5. The Labute approximate surface area is 118 Å². The highest BCUT2D eigenvalue weighted by molar-refractivity contribution is 8.24. The first-order valence-corrected chi connectivity index (χ1v) is 7.12. The molecule has 2 amide bonds. The lowest BCUT2D eigenvalue weighted by molar-refractivity contribution is -0.119. The lowest BCUT2D eigenvalue weighted by Crippen LogP contribution is -2.56. The molecule has 1 aliphatic heterocycles. The van der Waals surface area contributed by atoms with Crippen molar-refractivity contribution in [1.82, 2.24) is 15.3 Å². The zero-order valence-corrected chi connectivity index (χ0v) is 13.1. The van der Waals surface area contributed by atoms with Gasteiger partial charge in [0.25, 0.3) is 0 Å². The van der Waals surface area contributed by atoms with Gasteiger partial charge in [-0.1, -0.05) is 37.8 Å². The summed E-state index contributed by atoms with van der Waals surface area (Å²) in [6.07, 6.45) is -0.447. The van der Waals surface area contributed by atoms with Gasteiger partial charge in [-0.05, 0) is 19.8 Å². The first-order chi connectivity index (χ1) is 8.20. The van der Waals surface area contributed by atoms with E-state index in [2.05, 4.69) is 19.2 Å². The summed E-state index contributed by atoms with van der Waals surface area (Å²) in [5.41, 5.74) is 0. The van der Waals surface area contributed by atoms with Crippen LogP contribution in [0.25, 0.3) is 0 Å². The second kappa shape index (κ2) is 5.63. The molecule has 1 heterocycles. The Hall–Kier alpha value is -0.530. The van der Waals surface area contributed by atoms with Gasteiger partial charge in [0.2, 0.25) is 0 Å². The van der Waals surface area contributed by atoms with E-state index < -0.39 is 12.2 Å². The van der Waals surface area contributed by atoms with Crippen LogP contribution in [0.15, 0.2) is 0 Å². The van der Waals surface area contributed by atoms with Crippen molar-refractivity contribution in [2.45, 2.75) is 38.6 Å². The number of amides is 2. The van der Waals surface area contributed by atoms with Crippen molar-refractivity contribution in [2.75, 3.05) is 13.6 Å². The maximum absolute atomic E-state index is 11.6. The minimum atomic E-state index is -0.521. The molecule has 0 bridgehead atoms. The zero-order valence-electron chi connectivity index (χ0n) is 11.4. The molecule has 0 aliphatic carbocycles. The number of hydrogen-bond acceptors (Lipinski definition) is 4. The van der Waals surface area contributed by atoms with E-state index in [9.17, 15) is 10.0 Å². The van der Waals surface area contributed by atoms with Crippen molar-refractivity contribution in [3.05, 3.63) is 0 Å². The molecule has 0 radical (unpaired) electrons. The molecule has 0 aromatic rings. The van der Waals surface area contributed by atoms with Crippen LogP contribution < -0.4 is 5.32 Å². The van der Waals surface area contributed by atoms with Crippen molar-refractivity contribution < 1.29 is 10.0 Å². The second-order valence-corrected chi connectivity index (χ2v) is 7.58. The van der Waals surface area contributed by atoms with E-state index in [1.165, 1.54) is 18.8 Å². The van der Waals surface area contributed by atoms with Gasteiger partial charge in [-0.25, -0.2) is 4.79 Å². The fraction of sp³-hybridized carbons (Fsp3) is 0.818. The number of hydrogen-bond donors (Lipinski definition) is 2. The number of nitrogens with zero attached hydrogens (tertiary/aromatic N) is 2. The molecule has 0 saturated carbocycles. The summed E-state index contributed by atoms with van der Waals surface area (Å²) in [6, 6.07) is -0.521. The van der Waals surface area contributed by atoms with Crippen molar-refractivity contribution >= 4 is 34.3 Å². The third-order valence-corrected chi connectivity index (χ3v) is 4.35. The van der Waals surface area contributed by atoms with Gasteiger partial charge in [-0.2, -0.15) is 5.06 Å². The first kappa shape index (κ1) is 15.5. The summed E-state index contributed by atoms with van der Waals surface area (Å²) in [7, 11) is 1.49. The average molecular weight is 291 g/mol. The van der Waals surface area contributed by atoms with Crippen LogP contribution in [0.5, 0.6) is 0 Å². The molecule has 1 atom stereocenters. The topological polar surface area (TPSA) is 55.8 Å². The Balaban J connectivity index is 3.00. The maximum atomic E-state index is 11.6. The Bertz CT molecular complexity index is 347. The number of carbonyl (C=O) groups is 1. The van der Waals surface area contributed by atoms with Gasteiger partial charge in [-0.3, -0.25) is 5.21 Å². The summed E-state index contributed by atoms with van der Waals surface area (Å²) < 4.78 is 0.384. The van der Waals surface area contributed by atoms with E-state index in [1.54, 1.807) is 0 Å². The average Bonchev–Trinajstić information content (AvgIpc) is 2.46. The molecule has 0 aromatic heterocycles. The minimum Gasteiger partial charge on any atom is -0.339 e. The lowest BCUT2D eigenvalue weighted by Gasteiger charge is -2.37. The highest BCUT2D eigenvalue weighted by atomic mass is 32.2. The molecular formula is C11H21N3O2S2. The Morgan fingerprint density at radius 1 is 1.67 bits per heavy atom. The lowest BCUT2D eigenvalue weighted by atomic mass is 10.1. The molecule has 2 N–H and O–H groups in total. The number of hydroxylamine groups is 2. The number of rotatable bonds is 3. The van der Waals surface area contributed by atoms with E-state index in [-0.39, 0.29) is 4.75 Å². The summed E-state index contributed by atoms with van der Waals surface area (Å²) in [6.45, 7) is 8.82. The van der Waals surface area contributed by atoms with Crippen LogP contribution >= 0.6 is 24.0 Å². The quantitative estimate of drug-likeness (QED) is 0.474. The summed E-state index contributed by atoms with van der Waals surface area (Å²) in [5, 5.41) is 13.2. The number of carbonyl (C=O) groups excluding carboxylic acids is 1. The molecule has 0 spiro atoms. The van der Waals surface area contributed by atoms with E-state index in [4.69, 9.17) is 12.2 Å². The molecule has 1 aliphatic rings. The van der Waals surface area contributed by atoms with Gasteiger partial charge < -0.3 is 10.2 Å². The number of urea groups is 1. The molecule has 1 fully saturated rings. The normalized spacial score (nSPS) is 22.5. The van der Waals surface area contributed by atoms with Crippen molar-refractivity contribution in [3.8, 4) is 0 Å². The third-order valence-electron chi connectivity index (χ3n) is 2.72. The molecule has 0 aromatic carbocycles. The van der Waals surface area contributed by atoms with E-state index in [1.807, 2.05) is 18.7 Å². The Morgan fingerprint density at radius 3 is 2.67 bits per heavy atom. The van der Waals surface area contributed by atoms with Gasteiger partial charge >= 0.3 is 6.03 Å². The van der Waals surface area contributed by atoms with Crippen LogP contribution in [0.4, 0.5) is 4.79 Å². The van der Waals surface area contributed by atoms with Crippen molar-refractivity contribution in [1.29, 1.82) is 0 Å². The molecule has 18 heavy (non-hydrogen) atoms. The number of thioether (sulfide) groups is 1. The maximum Gasteiger partial charge on any atom is 0.342 e. The van der Waals surface area contributed by atoms with Gasteiger partial charge in [0.1, 0.15) is 10.5 Å². The molecule has 0 unspecified atom stereocenters. The van der Waals surface area contributed by atoms with E-state index >= 15 is 0 Å². The van der Waals surface area contributed by atoms with Crippen LogP contribution in [-0.2, 0) is 0 Å². The predicted octanol–water partition coefficient (Wildman–Crippen LogP) is 2.11. The molecule has 1 saturated heterocycles. The van der Waals surface area contributed by atoms with Gasteiger partial charge in [0, 0.05) is 13.6 Å². The smallest absolute Gasteiger partial charge is 0.339 e. The molecule has 5 nitrogen and oxygen atoms in total. The van der Waals surface area contributed by atoms with Crippen molar-refractivity contribution in [3.63, 3.8) is 0 Å². The fourth-order valence-corrected chi connectivity index (χ4v) is 3.92. The van der Waals surface area contributed by atoms with Crippen LogP contribution in [0.2, 0.25) is 0 Å². The predicted molar refractivity (Wildman–Crippen MR) is 77.7 cm³/mol. The van der Waals surface area contributed by atoms with Gasteiger partial charge in [-0.15, -0.1) is 0 Å². The van der Waals surface area contributed by atoms with E-state index in [0.29, 0.717) is 12.5 Å². The largest absolute Gasteiger partial charge is 0.342 e. The van der Waals surface area contributed by atoms with Crippen LogP contribution in [0.1, 0.15) is 27.7 Å². The SMILES string of the molecule is CNC(=O)N(O)[C@@H]1N(CC(C)C)C(=S)SC1(C)C. The highest BCUT2D eigenvalue weighted by Gasteiger charge is 2.49.